The third-order valence-corrected chi connectivity index (χ3v) is 5.34. The summed E-state index contributed by atoms with van der Waals surface area (Å²) < 4.78 is 11.3. The topological polar surface area (TPSA) is 59.0 Å². The summed E-state index contributed by atoms with van der Waals surface area (Å²) in [5.74, 6) is -0.107. The molecule has 1 heterocycles. The molecule has 0 radical (unpaired) electrons. The van der Waals surface area contributed by atoms with Crippen LogP contribution in [-0.2, 0) is 14.3 Å². The zero-order chi connectivity index (χ0) is 20.5. The number of rotatable bonds is 9. The van der Waals surface area contributed by atoms with Crippen LogP contribution in [0.4, 0.5) is 0 Å². The fraction of sp³-hybridized carbons (Fsp3) is 0.458. The first kappa shape index (κ1) is 21.5. The molecule has 0 bridgehead atoms. The number of β-amino-alcohol motifs (C(OH)–C–C–N with tert-alkyl or cyclic N) is 1. The Balaban J connectivity index is 1.51. The minimum Gasteiger partial charge on any atom is -0.466 e. The summed E-state index contributed by atoms with van der Waals surface area (Å²) in [5, 5.41) is 10.5. The number of ether oxygens (including phenoxy) is 2. The van der Waals surface area contributed by atoms with Crippen molar-refractivity contribution in [2.75, 3.05) is 32.8 Å². The van der Waals surface area contributed by atoms with E-state index in [-0.39, 0.29) is 24.6 Å². The van der Waals surface area contributed by atoms with Gasteiger partial charge in [-0.2, -0.15) is 0 Å². The van der Waals surface area contributed by atoms with Crippen molar-refractivity contribution in [3.05, 3.63) is 71.8 Å². The number of piperidine rings is 1. The van der Waals surface area contributed by atoms with Crippen LogP contribution >= 0.6 is 0 Å². The Hall–Kier alpha value is -2.21. The molecule has 0 spiro atoms. The van der Waals surface area contributed by atoms with E-state index in [1.54, 1.807) is 0 Å². The van der Waals surface area contributed by atoms with Gasteiger partial charge in [0.1, 0.15) is 6.10 Å². The van der Waals surface area contributed by atoms with Crippen molar-refractivity contribution in [1.29, 1.82) is 0 Å². The van der Waals surface area contributed by atoms with Gasteiger partial charge in [0.15, 0.2) is 0 Å². The minimum atomic E-state index is -0.580. The van der Waals surface area contributed by atoms with Crippen molar-refractivity contribution in [3.8, 4) is 0 Å². The summed E-state index contributed by atoms with van der Waals surface area (Å²) in [5.41, 5.74) is 2.14. The standard InChI is InChI=1S/C24H31NO4/c1-2-28-24(27)21-13-15-25(16-14-21)17-22(26)18-29-23(19-9-5-3-6-10-19)20-11-7-4-8-12-20/h3-12,21-23,26H,2,13-18H2,1H3/t22-/m1/s1. The van der Waals surface area contributed by atoms with Crippen LogP contribution in [-0.4, -0.2) is 54.9 Å². The van der Waals surface area contributed by atoms with Gasteiger partial charge < -0.3 is 19.5 Å². The predicted octanol–water partition coefficient (Wildman–Crippen LogP) is 3.43. The van der Waals surface area contributed by atoms with Gasteiger partial charge in [0.2, 0.25) is 0 Å². The zero-order valence-corrected chi connectivity index (χ0v) is 17.1. The Morgan fingerprint density at radius 2 is 1.59 bits per heavy atom. The second kappa shape index (κ2) is 11.1. The van der Waals surface area contributed by atoms with Crippen LogP contribution in [0.25, 0.3) is 0 Å². The summed E-state index contributed by atoms with van der Waals surface area (Å²) in [4.78, 5) is 14.1. The number of carbonyl (C=O) groups is 1. The summed E-state index contributed by atoms with van der Waals surface area (Å²) in [7, 11) is 0. The molecule has 1 fully saturated rings. The Morgan fingerprint density at radius 3 is 2.10 bits per heavy atom. The average molecular weight is 398 g/mol. The molecule has 5 heteroatoms. The van der Waals surface area contributed by atoms with Crippen molar-refractivity contribution >= 4 is 5.97 Å². The Kier molecular flexibility index (Phi) is 8.23. The maximum Gasteiger partial charge on any atom is 0.309 e. The lowest BCUT2D eigenvalue weighted by molar-refractivity contribution is -0.149. The van der Waals surface area contributed by atoms with Gasteiger partial charge in [0, 0.05) is 6.54 Å². The van der Waals surface area contributed by atoms with Gasteiger partial charge >= 0.3 is 5.97 Å². The van der Waals surface area contributed by atoms with Crippen LogP contribution in [0.1, 0.15) is 37.0 Å². The Morgan fingerprint density at radius 1 is 1.03 bits per heavy atom. The lowest BCUT2D eigenvalue weighted by atomic mass is 9.97. The first-order chi connectivity index (χ1) is 14.2. The molecule has 2 aromatic carbocycles. The molecule has 0 aromatic heterocycles. The molecule has 156 valence electrons. The summed E-state index contributed by atoms with van der Waals surface area (Å²) in [6.07, 6.45) is 0.775. The molecule has 1 aliphatic rings. The van der Waals surface area contributed by atoms with Crippen molar-refractivity contribution < 1.29 is 19.4 Å². The first-order valence-corrected chi connectivity index (χ1v) is 10.5. The van der Waals surface area contributed by atoms with Crippen molar-refractivity contribution in [3.63, 3.8) is 0 Å². The molecule has 2 aromatic rings. The van der Waals surface area contributed by atoms with Gasteiger partial charge in [0.05, 0.1) is 25.2 Å². The highest BCUT2D eigenvalue weighted by Crippen LogP contribution is 2.26. The van der Waals surface area contributed by atoms with Crippen LogP contribution in [0.3, 0.4) is 0 Å². The van der Waals surface area contributed by atoms with Gasteiger partial charge in [-0.3, -0.25) is 4.79 Å². The molecule has 3 rings (SSSR count). The van der Waals surface area contributed by atoms with E-state index in [9.17, 15) is 9.90 Å². The van der Waals surface area contributed by atoms with Gasteiger partial charge in [-0.25, -0.2) is 0 Å². The maximum absolute atomic E-state index is 11.9. The van der Waals surface area contributed by atoms with Crippen molar-refractivity contribution in [1.82, 2.24) is 4.90 Å². The molecule has 5 nitrogen and oxygen atoms in total. The molecule has 0 aliphatic carbocycles. The molecule has 0 unspecified atom stereocenters. The van der Waals surface area contributed by atoms with Gasteiger partial charge in [0.25, 0.3) is 0 Å². The number of nitrogens with zero attached hydrogens (tertiary/aromatic N) is 1. The molecule has 1 saturated heterocycles. The SMILES string of the molecule is CCOC(=O)C1CCN(C[C@@H](O)COC(c2ccccc2)c2ccccc2)CC1. The number of esters is 1. The largest absolute Gasteiger partial charge is 0.466 e. The van der Waals surface area contributed by atoms with Crippen molar-refractivity contribution in [2.45, 2.75) is 32.0 Å². The predicted molar refractivity (Wildman–Crippen MR) is 112 cm³/mol. The number of benzene rings is 2. The third kappa shape index (κ3) is 6.39. The number of hydrogen-bond acceptors (Lipinski definition) is 5. The molecular weight excluding hydrogens is 366 g/mol. The molecule has 1 N–H and O–H groups in total. The number of carbonyl (C=O) groups excluding carboxylic acids is 1. The van der Waals surface area contributed by atoms with E-state index in [2.05, 4.69) is 4.90 Å². The Bertz CT molecular complexity index is 690. The van der Waals surface area contributed by atoms with Gasteiger partial charge in [-0.05, 0) is 44.0 Å². The number of aliphatic hydroxyl groups is 1. The van der Waals surface area contributed by atoms with Gasteiger partial charge in [-0.15, -0.1) is 0 Å². The molecule has 29 heavy (non-hydrogen) atoms. The normalized spacial score (nSPS) is 16.7. The third-order valence-electron chi connectivity index (χ3n) is 5.34. The summed E-state index contributed by atoms with van der Waals surface area (Å²) in [6.45, 7) is 4.65. The van der Waals surface area contributed by atoms with E-state index < -0.39 is 6.10 Å². The number of likely N-dealkylation sites (tertiary alicyclic amines) is 1. The van der Waals surface area contributed by atoms with E-state index in [1.165, 1.54) is 0 Å². The molecule has 0 saturated carbocycles. The highest BCUT2D eigenvalue weighted by Gasteiger charge is 2.27. The number of hydrogen-bond donors (Lipinski definition) is 1. The Labute approximate surface area is 173 Å². The highest BCUT2D eigenvalue weighted by atomic mass is 16.5. The molecule has 1 aliphatic heterocycles. The lowest BCUT2D eigenvalue weighted by Crippen LogP contribution is -2.42. The highest BCUT2D eigenvalue weighted by molar-refractivity contribution is 5.72. The van der Waals surface area contributed by atoms with Gasteiger partial charge in [-0.1, -0.05) is 60.7 Å². The second-order valence-corrected chi connectivity index (χ2v) is 7.52. The van der Waals surface area contributed by atoms with E-state index in [0.29, 0.717) is 13.2 Å². The minimum absolute atomic E-state index is 0.0138. The molecular formula is C24H31NO4. The van der Waals surface area contributed by atoms with Crippen LogP contribution in [0, 0.1) is 5.92 Å². The number of aliphatic hydroxyl groups excluding tert-OH is 1. The van der Waals surface area contributed by atoms with Crippen LogP contribution < -0.4 is 0 Å². The van der Waals surface area contributed by atoms with Crippen LogP contribution in [0.15, 0.2) is 60.7 Å². The second-order valence-electron chi connectivity index (χ2n) is 7.52. The van der Waals surface area contributed by atoms with Crippen LogP contribution in [0.5, 0.6) is 0 Å². The van der Waals surface area contributed by atoms with Crippen LogP contribution in [0.2, 0.25) is 0 Å². The zero-order valence-electron chi connectivity index (χ0n) is 17.1. The van der Waals surface area contributed by atoms with Crippen molar-refractivity contribution in [2.24, 2.45) is 5.92 Å². The smallest absolute Gasteiger partial charge is 0.309 e. The van der Waals surface area contributed by atoms with E-state index >= 15 is 0 Å². The van der Waals surface area contributed by atoms with E-state index in [0.717, 1.165) is 37.1 Å². The summed E-state index contributed by atoms with van der Waals surface area (Å²) in [6, 6.07) is 20.2. The lowest BCUT2D eigenvalue weighted by Gasteiger charge is -2.32. The van der Waals surface area contributed by atoms with E-state index in [4.69, 9.17) is 9.47 Å². The quantitative estimate of drug-likeness (QED) is 0.657. The first-order valence-electron chi connectivity index (χ1n) is 10.5. The van der Waals surface area contributed by atoms with E-state index in [1.807, 2.05) is 67.6 Å². The molecule has 0 amide bonds. The maximum atomic E-state index is 11.9. The fourth-order valence-electron chi connectivity index (χ4n) is 3.81. The average Bonchev–Trinajstić information content (AvgIpc) is 2.76. The molecule has 1 atom stereocenters. The monoisotopic (exact) mass is 397 g/mol. The summed E-state index contributed by atoms with van der Waals surface area (Å²) >= 11 is 0. The fourth-order valence-corrected chi connectivity index (χ4v) is 3.81.